The van der Waals surface area contributed by atoms with Gasteiger partial charge in [-0.05, 0) is 83.5 Å². The monoisotopic (exact) mass is 1260 g/mol. The number of hydrogen-bond donors (Lipinski definition) is 3. The van der Waals surface area contributed by atoms with Crippen LogP contribution < -0.4 is 5.32 Å². The van der Waals surface area contributed by atoms with E-state index in [0.717, 1.165) is 44.9 Å². The second kappa shape index (κ2) is 79.5. The highest BCUT2D eigenvalue weighted by atomic mass is 16.5. The van der Waals surface area contributed by atoms with Crippen LogP contribution in [0, 0.1) is 0 Å². The molecule has 3 N–H and O–H groups in total. The Morgan fingerprint density at radius 2 is 0.522 bits per heavy atom. The highest BCUT2D eigenvalue weighted by Crippen LogP contribution is 2.20. The minimum atomic E-state index is -0.843. The molecule has 90 heavy (non-hydrogen) atoms. The van der Waals surface area contributed by atoms with E-state index in [0.29, 0.717) is 19.4 Å². The maximum Gasteiger partial charge on any atom is 0.305 e. The van der Waals surface area contributed by atoms with E-state index in [4.69, 9.17) is 4.74 Å². The van der Waals surface area contributed by atoms with E-state index in [1.807, 2.05) is 6.08 Å². The van der Waals surface area contributed by atoms with E-state index in [9.17, 15) is 19.8 Å². The molecule has 0 aromatic carbocycles. The lowest BCUT2D eigenvalue weighted by Gasteiger charge is -2.20. The summed E-state index contributed by atoms with van der Waals surface area (Å²) in [5.74, 6) is -0.0461. The summed E-state index contributed by atoms with van der Waals surface area (Å²) in [6.45, 7) is 4.95. The molecule has 532 valence electrons. The molecular weight excluding hydrogens is 1100 g/mol. The first kappa shape index (κ1) is 88.1. The van der Waals surface area contributed by atoms with Gasteiger partial charge in [-0.3, -0.25) is 9.59 Å². The number of aliphatic hydroxyl groups excluding tert-OH is 2. The van der Waals surface area contributed by atoms with Gasteiger partial charge in [0.15, 0.2) is 0 Å². The fourth-order valence-electron chi connectivity index (χ4n) is 13.1. The van der Waals surface area contributed by atoms with Gasteiger partial charge in [-0.25, -0.2) is 0 Å². The molecule has 0 bridgehead atoms. The smallest absolute Gasteiger partial charge is 0.305 e. The molecule has 1 amide bonds. The zero-order valence-corrected chi connectivity index (χ0v) is 61.1. The van der Waals surface area contributed by atoms with Gasteiger partial charge in [0.2, 0.25) is 5.91 Å². The van der Waals surface area contributed by atoms with Gasteiger partial charge in [0.25, 0.3) is 0 Å². The van der Waals surface area contributed by atoms with E-state index in [2.05, 4.69) is 43.5 Å². The van der Waals surface area contributed by atoms with Crippen LogP contribution in [0.4, 0.5) is 0 Å². The number of hydrogen-bond acceptors (Lipinski definition) is 5. The number of carbonyl (C=O) groups is 2. The fourth-order valence-corrected chi connectivity index (χ4v) is 13.1. The Bertz CT molecular complexity index is 1460. The van der Waals surface area contributed by atoms with Crippen molar-refractivity contribution < 1.29 is 24.5 Å². The third kappa shape index (κ3) is 75.1. The maximum atomic E-state index is 12.6. The van der Waals surface area contributed by atoms with Crippen LogP contribution >= 0.6 is 0 Å². The number of amides is 1. The lowest BCUT2D eigenvalue weighted by atomic mass is 10.0. The molecule has 6 heteroatoms. The predicted octanol–water partition coefficient (Wildman–Crippen LogP) is 27.4. The van der Waals surface area contributed by atoms with Gasteiger partial charge in [0, 0.05) is 12.8 Å². The zero-order chi connectivity index (χ0) is 64.9. The van der Waals surface area contributed by atoms with Crippen LogP contribution in [0.1, 0.15) is 463 Å². The summed E-state index contributed by atoms with van der Waals surface area (Å²) in [7, 11) is 0. The lowest BCUT2D eigenvalue weighted by Crippen LogP contribution is -2.45. The van der Waals surface area contributed by atoms with E-state index < -0.39 is 12.1 Å². The van der Waals surface area contributed by atoms with Crippen molar-refractivity contribution >= 4 is 11.9 Å². The molecule has 0 spiro atoms. The van der Waals surface area contributed by atoms with Gasteiger partial charge in [0.1, 0.15) is 0 Å². The Morgan fingerprint density at radius 1 is 0.300 bits per heavy atom. The first-order valence-electron chi connectivity index (χ1n) is 41.3. The van der Waals surface area contributed by atoms with Crippen molar-refractivity contribution in [2.45, 2.75) is 475 Å². The first-order chi connectivity index (χ1) is 44.5. The number of carbonyl (C=O) groups excluding carboxylic acids is 2. The number of allylic oxidation sites excluding steroid dienone is 5. The van der Waals surface area contributed by atoms with Gasteiger partial charge in [-0.1, -0.05) is 403 Å². The van der Waals surface area contributed by atoms with Crippen LogP contribution in [0.25, 0.3) is 0 Å². The summed E-state index contributed by atoms with van der Waals surface area (Å²) in [4.78, 5) is 24.6. The van der Waals surface area contributed by atoms with Crippen molar-refractivity contribution in [2.75, 3.05) is 13.2 Å². The normalized spacial score (nSPS) is 12.6. The number of esters is 1. The van der Waals surface area contributed by atoms with Crippen LogP contribution in [0.15, 0.2) is 36.5 Å². The third-order valence-electron chi connectivity index (χ3n) is 19.4. The first-order valence-corrected chi connectivity index (χ1v) is 41.3. The largest absolute Gasteiger partial charge is 0.466 e. The number of aliphatic hydroxyl groups is 2. The number of nitrogens with one attached hydrogen (secondary N) is 1. The Balaban J connectivity index is 3.36. The highest BCUT2D eigenvalue weighted by Gasteiger charge is 2.18. The molecule has 0 radical (unpaired) electrons. The average molecular weight is 1270 g/mol. The lowest BCUT2D eigenvalue weighted by molar-refractivity contribution is -0.143. The summed E-state index contributed by atoms with van der Waals surface area (Å²) < 4.78 is 5.50. The number of unbranched alkanes of at least 4 members (excludes halogenated alkanes) is 63. The Hall–Kier alpha value is -1.92. The molecule has 0 fully saturated rings. The molecule has 0 saturated heterocycles. The SMILES string of the molecule is CCCCCCCCC/C=C\CCCCCCCC(=O)OCCCCCCCCCCCCCCCC/C=C\CCCCCCCCCCCCCCCCCCCC(=O)NC(CO)C(O)/C=C/CCCCCCCCCCCCCCCCCCCCCC. The molecule has 0 aliphatic carbocycles. The van der Waals surface area contributed by atoms with Crippen molar-refractivity contribution in [3.05, 3.63) is 36.5 Å². The summed E-state index contributed by atoms with van der Waals surface area (Å²) in [5, 5.41) is 23.3. The molecular formula is C84H161NO5. The van der Waals surface area contributed by atoms with Gasteiger partial charge in [-0.15, -0.1) is 0 Å². The Labute approximate surface area is 564 Å². The van der Waals surface area contributed by atoms with E-state index >= 15 is 0 Å². The van der Waals surface area contributed by atoms with Crippen molar-refractivity contribution in [1.29, 1.82) is 0 Å². The Morgan fingerprint density at radius 3 is 0.789 bits per heavy atom. The van der Waals surface area contributed by atoms with Gasteiger partial charge < -0.3 is 20.3 Å². The minimum absolute atomic E-state index is 0.0134. The summed E-state index contributed by atoms with van der Waals surface area (Å²) in [6.07, 6.45) is 104. The molecule has 0 aliphatic heterocycles. The van der Waals surface area contributed by atoms with E-state index in [1.165, 1.54) is 392 Å². The topological polar surface area (TPSA) is 95.9 Å². The molecule has 2 unspecified atom stereocenters. The predicted molar refractivity (Wildman–Crippen MR) is 398 cm³/mol. The minimum Gasteiger partial charge on any atom is -0.466 e. The van der Waals surface area contributed by atoms with Crippen molar-refractivity contribution in [3.63, 3.8) is 0 Å². The summed E-state index contributed by atoms with van der Waals surface area (Å²) >= 11 is 0. The van der Waals surface area contributed by atoms with Gasteiger partial charge in [0.05, 0.1) is 25.4 Å². The molecule has 0 rings (SSSR count). The van der Waals surface area contributed by atoms with Crippen LogP contribution in [-0.4, -0.2) is 47.4 Å². The molecule has 0 aromatic heterocycles. The van der Waals surface area contributed by atoms with E-state index in [1.54, 1.807) is 6.08 Å². The molecule has 0 aliphatic rings. The second-order valence-electron chi connectivity index (χ2n) is 28.4. The standard InChI is InChI=1S/C84H161NO5/c1-3-5-7-9-11-13-15-17-19-21-22-23-39-42-45-48-52-56-60-64-68-72-76-82(87)81(80-86)85-83(88)77-73-69-65-61-57-53-49-46-43-40-37-35-33-31-29-27-25-24-26-28-30-32-34-36-38-41-44-47-51-55-59-63-67-71-75-79-90-84(89)78-74-70-66-62-58-54-50-20-18-16-14-12-10-8-6-4-2/h20,26,28,50,72,76,81-82,86-87H,3-19,21-25,27,29-49,51-71,73-75,77-80H2,1-2H3,(H,85,88)/b28-26-,50-20-,76-72+. The summed E-state index contributed by atoms with van der Waals surface area (Å²) in [5.41, 5.74) is 0. The molecule has 0 saturated carbocycles. The molecule has 6 nitrogen and oxygen atoms in total. The number of ether oxygens (including phenoxy) is 1. The van der Waals surface area contributed by atoms with Crippen LogP contribution in [0.5, 0.6) is 0 Å². The maximum absolute atomic E-state index is 12.6. The van der Waals surface area contributed by atoms with Crippen molar-refractivity contribution in [1.82, 2.24) is 5.32 Å². The molecule has 2 atom stereocenters. The quantitative estimate of drug-likeness (QED) is 0.0320. The van der Waals surface area contributed by atoms with Crippen molar-refractivity contribution in [3.8, 4) is 0 Å². The van der Waals surface area contributed by atoms with Crippen LogP contribution in [-0.2, 0) is 14.3 Å². The van der Waals surface area contributed by atoms with Crippen LogP contribution in [0.3, 0.4) is 0 Å². The molecule has 0 aromatic rings. The summed E-state index contributed by atoms with van der Waals surface area (Å²) in [6, 6.07) is -0.627. The third-order valence-corrected chi connectivity index (χ3v) is 19.4. The highest BCUT2D eigenvalue weighted by molar-refractivity contribution is 5.76. The Kier molecular flexibility index (Phi) is 77.8. The van der Waals surface area contributed by atoms with Crippen molar-refractivity contribution in [2.24, 2.45) is 0 Å². The number of rotatable bonds is 78. The van der Waals surface area contributed by atoms with Gasteiger partial charge >= 0.3 is 5.97 Å². The molecule has 0 heterocycles. The zero-order valence-electron chi connectivity index (χ0n) is 61.1. The fraction of sp³-hybridized carbons (Fsp3) is 0.905. The van der Waals surface area contributed by atoms with Gasteiger partial charge in [-0.2, -0.15) is 0 Å². The second-order valence-corrected chi connectivity index (χ2v) is 28.4. The van der Waals surface area contributed by atoms with Crippen LogP contribution in [0.2, 0.25) is 0 Å². The average Bonchev–Trinajstić information content (AvgIpc) is 3.60. The van der Waals surface area contributed by atoms with E-state index in [-0.39, 0.29) is 18.5 Å².